The Labute approximate surface area is 155 Å². The minimum absolute atomic E-state index is 0.0801. The molecule has 2 rings (SSSR count). The third-order valence-corrected chi connectivity index (χ3v) is 3.09. The van der Waals surface area contributed by atoms with E-state index in [0.29, 0.717) is 22.6 Å². The molecule has 0 fully saturated rings. The molecule has 0 aliphatic heterocycles. The van der Waals surface area contributed by atoms with Crippen molar-refractivity contribution >= 4 is 17.6 Å². The van der Waals surface area contributed by atoms with E-state index in [0.717, 1.165) is 0 Å². The van der Waals surface area contributed by atoms with Gasteiger partial charge in [-0.15, -0.1) is 0 Å². The molecule has 26 heavy (non-hydrogen) atoms. The summed E-state index contributed by atoms with van der Waals surface area (Å²) in [6.07, 6.45) is 1.53. The molecule has 0 saturated heterocycles. The maximum Gasteiger partial charge on any atom is 0.336 e. The highest BCUT2D eigenvalue weighted by Gasteiger charge is 2.11. The molecule has 0 amide bonds. The van der Waals surface area contributed by atoms with Crippen LogP contribution in [-0.2, 0) is 4.79 Å². The number of carbonyl (C=O) groups is 1. The van der Waals surface area contributed by atoms with Crippen molar-refractivity contribution < 1.29 is 24.5 Å². The van der Waals surface area contributed by atoms with Crippen molar-refractivity contribution in [2.45, 2.75) is 27.7 Å². The van der Waals surface area contributed by atoms with E-state index in [1.54, 1.807) is 30.3 Å². The first-order valence-corrected chi connectivity index (χ1v) is 8.51. The number of phenols is 1. The summed E-state index contributed by atoms with van der Waals surface area (Å²) in [5.41, 5.74) is 1.24. The Morgan fingerprint density at radius 2 is 1.35 bits per heavy atom. The van der Waals surface area contributed by atoms with Crippen molar-refractivity contribution in [1.82, 2.24) is 0 Å². The molecule has 2 aromatic rings. The molecule has 0 aromatic heterocycles. The second-order valence-corrected chi connectivity index (χ2v) is 4.56. The summed E-state index contributed by atoms with van der Waals surface area (Å²) in [4.78, 5) is 11.5. The molecular weight excluding hydrogens is 332 g/mol. The van der Waals surface area contributed by atoms with Gasteiger partial charge in [0.2, 0.25) is 0 Å². The summed E-state index contributed by atoms with van der Waals surface area (Å²) < 4.78 is 10.3. The molecule has 2 N–H and O–H groups in total. The highest BCUT2D eigenvalue weighted by atomic mass is 16.5. The Bertz CT molecular complexity index is 681. The number of hydrogen-bond acceptors (Lipinski definition) is 4. The fourth-order valence-electron chi connectivity index (χ4n) is 1.99. The van der Waals surface area contributed by atoms with E-state index in [2.05, 4.69) is 0 Å². The zero-order valence-corrected chi connectivity index (χ0v) is 16.2. The van der Waals surface area contributed by atoms with E-state index in [9.17, 15) is 15.0 Å². The van der Waals surface area contributed by atoms with Crippen molar-refractivity contribution in [2.75, 3.05) is 14.2 Å². The molecule has 0 aliphatic rings. The molecule has 0 aliphatic carbocycles. The maximum atomic E-state index is 11.5. The Balaban J connectivity index is 0.00000146. The normalized spacial score (nSPS) is 9.85. The first-order valence-electron chi connectivity index (χ1n) is 8.51. The van der Waals surface area contributed by atoms with Crippen LogP contribution in [0, 0.1) is 0 Å². The molecule has 2 aromatic carbocycles. The lowest BCUT2D eigenvalue weighted by molar-refractivity contribution is -0.130. The number of hydrogen-bond donors (Lipinski definition) is 2. The molecule has 0 saturated carbocycles. The Morgan fingerprint density at radius 3 is 1.73 bits per heavy atom. The molecule has 0 atom stereocenters. The maximum absolute atomic E-state index is 11.5. The van der Waals surface area contributed by atoms with Gasteiger partial charge < -0.3 is 19.7 Å². The molecule has 0 heterocycles. The van der Waals surface area contributed by atoms with E-state index < -0.39 is 5.97 Å². The minimum atomic E-state index is -1.06. The third-order valence-electron chi connectivity index (χ3n) is 3.09. The number of carboxylic acid groups (broad SMARTS) is 1. The zero-order chi connectivity index (χ0) is 20.1. The number of phenolic OH excluding ortho intramolecular Hbond substituents is 1. The lowest BCUT2D eigenvalue weighted by atomic mass is 10.0. The Hall–Kier alpha value is -2.95. The van der Waals surface area contributed by atoms with Gasteiger partial charge in [0.1, 0.15) is 17.2 Å². The fraction of sp³-hybridized carbons (Fsp3) is 0.286. The van der Waals surface area contributed by atoms with Gasteiger partial charge >= 0.3 is 5.97 Å². The number of benzene rings is 2. The van der Waals surface area contributed by atoms with Crippen LogP contribution < -0.4 is 9.47 Å². The highest BCUT2D eigenvalue weighted by Crippen LogP contribution is 2.27. The number of rotatable bonds is 5. The van der Waals surface area contributed by atoms with E-state index in [1.807, 2.05) is 27.7 Å². The zero-order valence-electron chi connectivity index (χ0n) is 16.2. The first-order chi connectivity index (χ1) is 12.5. The highest BCUT2D eigenvalue weighted by molar-refractivity contribution is 6.20. The summed E-state index contributed by atoms with van der Waals surface area (Å²) in [7, 11) is 3.06. The molecular formula is C21H28O5. The van der Waals surface area contributed by atoms with Gasteiger partial charge in [-0.25, -0.2) is 4.79 Å². The molecule has 5 heteroatoms. The van der Waals surface area contributed by atoms with Gasteiger partial charge in [-0.1, -0.05) is 39.8 Å². The SMILES string of the molecule is CC.CC.COc1cc(/C=C(\C(=O)O)c2ccc(O)cc2)cc(OC)c1. The van der Waals surface area contributed by atoms with Crippen LogP contribution in [0.5, 0.6) is 17.2 Å². The van der Waals surface area contributed by atoms with Gasteiger partial charge in [-0.3, -0.25) is 0 Å². The molecule has 0 spiro atoms. The van der Waals surface area contributed by atoms with Crippen molar-refractivity contribution in [3.05, 3.63) is 53.6 Å². The van der Waals surface area contributed by atoms with Crippen molar-refractivity contribution in [3.8, 4) is 17.2 Å². The Kier molecular flexibility index (Phi) is 11.0. The number of aliphatic carboxylic acids is 1. The quantitative estimate of drug-likeness (QED) is 0.574. The van der Waals surface area contributed by atoms with Crippen LogP contribution in [0.1, 0.15) is 38.8 Å². The van der Waals surface area contributed by atoms with Crippen LogP contribution in [0.3, 0.4) is 0 Å². The van der Waals surface area contributed by atoms with Crippen molar-refractivity contribution in [2.24, 2.45) is 0 Å². The predicted molar refractivity (Wildman–Crippen MR) is 106 cm³/mol. The van der Waals surface area contributed by atoms with Gasteiger partial charge in [0.05, 0.1) is 19.8 Å². The van der Waals surface area contributed by atoms with E-state index >= 15 is 0 Å². The monoisotopic (exact) mass is 360 g/mol. The van der Waals surface area contributed by atoms with E-state index in [1.165, 1.54) is 32.4 Å². The second kappa shape index (κ2) is 12.4. The van der Waals surface area contributed by atoms with Gasteiger partial charge in [0, 0.05) is 6.07 Å². The fourth-order valence-corrected chi connectivity index (χ4v) is 1.99. The lowest BCUT2D eigenvalue weighted by Crippen LogP contribution is -1.99. The first kappa shape index (κ1) is 23.1. The van der Waals surface area contributed by atoms with Crippen molar-refractivity contribution in [3.63, 3.8) is 0 Å². The van der Waals surface area contributed by atoms with E-state index in [4.69, 9.17) is 9.47 Å². The third kappa shape index (κ3) is 6.89. The molecule has 0 radical (unpaired) electrons. The van der Waals surface area contributed by atoms with Gasteiger partial charge in [0.15, 0.2) is 0 Å². The second-order valence-electron chi connectivity index (χ2n) is 4.56. The van der Waals surface area contributed by atoms with Crippen LogP contribution in [0.15, 0.2) is 42.5 Å². The molecule has 0 unspecified atom stereocenters. The molecule has 0 bridgehead atoms. The number of carboxylic acids is 1. The summed E-state index contributed by atoms with van der Waals surface area (Å²) >= 11 is 0. The standard InChI is InChI=1S/C17H16O5.2C2H6/c1-21-14-7-11(8-15(10-14)22-2)9-16(17(19)20)12-3-5-13(18)6-4-12;2*1-2/h3-10,18H,1-2H3,(H,19,20);2*1-2H3/b16-9-;;. The largest absolute Gasteiger partial charge is 0.508 e. The average Bonchev–Trinajstić information content (AvgIpc) is 2.69. The van der Waals surface area contributed by atoms with Crippen LogP contribution in [0.4, 0.5) is 0 Å². The average molecular weight is 360 g/mol. The minimum Gasteiger partial charge on any atom is -0.508 e. The van der Waals surface area contributed by atoms with Gasteiger partial charge in [0.25, 0.3) is 0 Å². The summed E-state index contributed by atoms with van der Waals surface area (Å²) in [5.74, 6) is 0.158. The topological polar surface area (TPSA) is 76.0 Å². The Morgan fingerprint density at radius 1 is 0.885 bits per heavy atom. The summed E-state index contributed by atoms with van der Waals surface area (Å²) in [5, 5.41) is 18.7. The summed E-state index contributed by atoms with van der Waals surface area (Å²) in [6.45, 7) is 8.00. The number of aromatic hydroxyl groups is 1. The van der Waals surface area contributed by atoms with Gasteiger partial charge in [-0.05, 0) is 41.5 Å². The van der Waals surface area contributed by atoms with E-state index in [-0.39, 0.29) is 11.3 Å². The van der Waals surface area contributed by atoms with Crippen LogP contribution in [-0.4, -0.2) is 30.4 Å². The van der Waals surface area contributed by atoms with Gasteiger partial charge in [-0.2, -0.15) is 0 Å². The van der Waals surface area contributed by atoms with Crippen LogP contribution in [0.25, 0.3) is 11.6 Å². The van der Waals surface area contributed by atoms with Crippen LogP contribution >= 0.6 is 0 Å². The molecule has 5 nitrogen and oxygen atoms in total. The lowest BCUT2D eigenvalue weighted by Gasteiger charge is -2.08. The molecule has 142 valence electrons. The summed E-state index contributed by atoms with van der Waals surface area (Å²) in [6, 6.07) is 11.1. The van der Waals surface area contributed by atoms with Crippen molar-refractivity contribution in [1.29, 1.82) is 0 Å². The van der Waals surface area contributed by atoms with Crippen LogP contribution in [0.2, 0.25) is 0 Å². The number of ether oxygens (including phenoxy) is 2. The predicted octanol–water partition coefficient (Wildman–Crippen LogP) is 5.09. The number of methoxy groups -OCH3 is 2. The smallest absolute Gasteiger partial charge is 0.336 e.